The van der Waals surface area contributed by atoms with Crippen LogP contribution in [0.2, 0.25) is 10.0 Å². The number of nitrogens with zero attached hydrogens (tertiary/aromatic N) is 2. The van der Waals surface area contributed by atoms with Crippen molar-refractivity contribution in [2.24, 2.45) is 5.10 Å². The average Bonchev–Trinajstić information content (AvgIpc) is 3.16. The van der Waals surface area contributed by atoms with E-state index in [1.54, 1.807) is 18.2 Å². The van der Waals surface area contributed by atoms with Crippen molar-refractivity contribution in [3.63, 3.8) is 0 Å². The second kappa shape index (κ2) is 7.24. The normalized spacial score (nSPS) is 20.0. The van der Waals surface area contributed by atoms with Crippen molar-refractivity contribution in [2.75, 3.05) is 0 Å². The van der Waals surface area contributed by atoms with Crippen molar-refractivity contribution in [3.8, 4) is 11.5 Å². The molecule has 0 saturated carbocycles. The van der Waals surface area contributed by atoms with Gasteiger partial charge in [0, 0.05) is 21.5 Å². The van der Waals surface area contributed by atoms with Crippen LogP contribution in [0.15, 0.2) is 70.2 Å². The van der Waals surface area contributed by atoms with E-state index < -0.39 is 6.23 Å². The molecule has 146 valence electrons. The molecule has 0 spiro atoms. The third-order valence-corrected chi connectivity index (χ3v) is 6.16. The minimum absolute atomic E-state index is 0.103. The first-order chi connectivity index (χ1) is 14.0. The molecule has 0 saturated heterocycles. The van der Waals surface area contributed by atoms with Gasteiger partial charge in [0.05, 0.1) is 22.3 Å². The Bertz CT molecular complexity index is 1140. The van der Waals surface area contributed by atoms with E-state index in [4.69, 9.17) is 33.0 Å². The molecule has 0 fully saturated rings. The predicted octanol–water partition coefficient (Wildman–Crippen LogP) is 6.70. The van der Waals surface area contributed by atoms with Crippen LogP contribution in [0, 0.1) is 0 Å². The summed E-state index contributed by atoms with van der Waals surface area (Å²) in [5.74, 6) is 0.708. The minimum Gasteiger partial charge on any atom is -0.507 e. The van der Waals surface area contributed by atoms with E-state index in [-0.39, 0.29) is 11.8 Å². The molecular formula is C22H15BrCl2N2O2. The standard InChI is InChI=1S/C22H15BrCl2N2O2/c23-13-6-7-20(28)16(8-13)22-27-19(11-18(26-27)12-4-2-1-3-5-12)15-9-14(24)10-17(25)21(15)29-22/h1-10,19,22,28H,11H2/t19-,22-/m1/s1. The van der Waals surface area contributed by atoms with Gasteiger partial charge in [-0.15, -0.1) is 0 Å². The highest BCUT2D eigenvalue weighted by Crippen LogP contribution is 2.51. The Balaban J connectivity index is 1.67. The molecule has 1 N–H and O–H groups in total. The first-order valence-electron chi connectivity index (χ1n) is 9.06. The number of benzene rings is 3. The van der Waals surface area contributed by atoms with Gasteiger partial charge in [0.25, 0.3) is 0 Å². The van der Waals surface area contributed by atoms with E-state index in [9.17, 15) is 5.11 Å². The highest BCUT2D eigenvalue weighted by molar-refractivity contribution is 9.10. The lowest BCUT2D eigenvalue weighted by Crippen LogP contribution is -2.34. The fourth-order valence-electron chi connectivity index (χ4n) is 3.85. The number of hydrazone groups is 1. The van der Waals surface area contributed by atoms with Gasteiger partial charge in [0.15, 0.2) is 0 Å². The topological polar surface area (TPSA) is 45.1 Å². The Labute approximate surface area is 186 Å². The number of hydrogen-bond acceptors (Lipinski definition) is 4. The monoisotopic (exact) mass is 488 g/mol. The third kappa shape index (κ3) is 3.27. The first-order valence-corrected chi connectivity index (χ1v) is 10.6. The van der Waals surface area contributed by atoms with Crippen molar-refractivity contribution in [2.45, 2.75) is 18.7 Å². The fraction of sp³-hybridized carbons (Fsp3) is 0.136. The lowest BCUT2D eigenvalue weighted by molar-refractivity contribution is -0.0202. The maximum Gasteiger partial charge on any atom is 0.217 e. The molecule has 29 heavy (non-hydrogen) atoms. The Morgan fingerprint density at radius 3 is 2.62 bits per heavy atom. The van der Waals surface area contributed by atoms with E-state index in [1.165, 1.54) is 0 Å². The van der Waals surface area contributed by atoms with Gasteiger partial charge in [-0.2, -0.15) is 5.10 Å². The summed E-state index contributed by atoms with van der Waals surface area (Å²) in [5.41, 5.74) is 3.50. The molecule has 3 aromatic rings. The predicted molar refractivity (Wildman–Crippen MR) is 118 cm³/mol. The van der Waals surface area contributed by atoms with E-state index in [2.05, 4.69) is 15.9 Å². The fourth-order valence-corrected chi connectivity index (χ4v) is 4.78. The molecule has 0 aromatic heterocycles. The Morgan fingerprint density at radius 1 is 1.03 bits per heavy atom. The molecule has 2 heterocycles. The highest BCUT2D eigenvalue weighted by atomic mass is 79.9. The molecule has 4 nitrogen and oxygen atoms in total. The quantitative estimate of drug-likeness (QED) is 0.435. The zero-order valence-electron chi connectivity index (χ0n) is 15.0. The summed E-state index contributed by atoms with van der Waals surface area (Å²) in [4.78, 5) is 0. The summed E-state index contributed by atoms with van der Waals surface area (Å²) in [6.07, 6.45) is 0.0624. The van der Waals surface area contributed by atoms with Gasteiger partial charge in [-0.1, -0.05) is 69.5 Å². The van der Waals surface area contributed by atoms with Crippen LogP contribution >= 0.6 is 39.1 Å². The molecule has 2 aliphatic rings. The van der Waals surface area contributed by atoms with Crippen LogP contribution in [-0.2, 0) is 0 Å². The molecule has 0 radical (unpaired) electrons. The number of halogens is 3. The average molecular weight is 490 g/mol. The molecule has 5 rings (SSSR count). The number of ether oxygens (including phenoxy) is 1. The van der Waals surface area contributed by atoms with Crippen molar-refractivity contribution in [1.82, 2.24) is 5.01 Å². The summed E-state index contributed by atoms with van der Waals surface area (Å²) in [6, 6.07) is 18.7. The second-order valence-electron chi connectivity index (χ2n) is 6.99. The van der Waals surface area contributed by atoms with E-state index >= 15 is 0 Å². The van der Waals surface area contributed by atoms with Crippen molar-refractivity contribution >= 4 is 44.8 Å². The zero-order valence-corrected chi connectivity index (χ0v) is 18.1. The number of hydrogen-bond donors (Lipinski definition) is 1. The van der Waals surface area contributed by atoms with Crippen LogP contribution in [0.25, 0.3) is 0 Å². The highest BCUT2D eigenvalue weighted by Gasteiger charge is 2.42. The first kappa shape index (κ1) is 18.8. The van der Waals surface area contributed by atoms with Crippen LogP contribution in [0.4, 0.5) is 0 Å². The van der Waals surface area contributed by atoms with E-state index in [1.807, 2.05) is 47.5 Å². The van der Waals surface area contributed by atoms with Crippen LogP contribution < -0.4 is 4.74 Å². The van der Waals surface area contributed by atoms with Crippen molar-refractivity contribution in [1.29, 1.82) is 0 Å². The van der Waals surface area contributed by atoms with Gasteiger partial charge in [-0.3, -0.25) is 0 Å². The third-order valence-electron chi connectivity index (χ3n) is 5.17. The Hall–Kier alpha value is -2.21. The second-order valence-corrected chi connectivity index (χ2v) is 8.75. The summed E-state index contributed by atoms with van der Waals surface area (Å²) >= 11 is 16.2. The summed E-state index contributed by atoms with van der Waals surface area (Å²) in [6.45, 7) is 0. The molecular weight excluding hydrogens is 475 g/mol. The van der Waals surface area contributed by atoms with E-state index in [0.717, 1.165) is 21.3 Å². The number of fused-ring (bicyclic) bond motifs is 3. The van der Waals surface area contributed by atoms with Crippen LogP contribution in [0.1, 0.15) is 35.4 Å². The SMILES string of the molecule is Oc1ccc(Br)cc1[C@H]1Oc2c(Cl)cc(Cl)cc2[C@H]2CC(c3ccccc3)=NN21. The lowest BCUT2D eigenvalue weighted by Gasteiger charge is -2.38. The maximum absolute atomic E-state index is 10.5. The molecule has 0 unspecified atom stereocenters. The lowest BCUT2D eigenvalue weighted by atomic mass is 9.95. The van der Waals surface area contributed by atoms with Crippen LogP contribution in [0.5, 0.6) is 11.5 Å². The summed E-state index contributed by atoms with van der Waals surface area (Å²) < 4.78 is 7.12. The van der Waals surface area contributed by atoms with Gasteiger partial charge in [-0.05, 0) is 35.9 Å². The zero-order chi connectivity index (χ0) is 20.1. The molecule has 3 aromatic carbocycles. The van der Waals surface area contributed by atoms with Crippen molar-refractivity contribution in [3.05, 3.63) is 91.9 Å². The molecule has 0 amide bonds. The van der Waals surface area contributed by atoms with Crippen LogP contribution in [-0.4, -0.2) is 15.8 Å². The number of aromatic hydroxyl groups is 1. The number of phenols is 1. The van der Waals surface area contributed by atoms with Gasteiger partial charge in [0.1, 0.15) is 11.5 Å². The Kier molecular flexibility index (Phi) is 4.69. The van der Waals surface area contributed by atoms with Gasteiger partial charge in [0.2, 0.25) is 6.23 Å². The largest absolute Gasteiger partial charge is 0.507 e. The molecule has 0 bridgehead atoms. The summed E-state index contributed by atoms with van der Waals surface area (Å²) in [5, 5.41) is 18.3. The number of rotatable bonds is 2. The molecule has 0 aliphatic carbocycles. The van der Waals surface area contributed by atoms with Crippen LogP contribution in [0.3, 0.4) is 0 Å². The number of phenolic OH excluding ortho intramolecular Hbond substituents is 1. The van der Waals surface area contributed by atoms with Crippen molar-refractivity contribution < 1.29 is 9.84 Å². The van der Waals surface area contributed by atoms with Gasteiger partial charge in [-0.25, -0.2) is 5.01 Å². The smallest absolute Gasteiger partial charge is 0.217 e. The maximum atomic E-state index is 10.5. The summed E-state index contributed by atoms with van der Waals surface area (Å²) in [7, 11) is 0. The molecule has 2 aliphatic heterocycles. The Morgan fingerprint density at radius 2 is 1.83 bits per heavy atom. The van der Waals surface area contributed by atoms with E-state index in [0.29, 0.717) is 27.8 Å². The molecule has 7 heteroatoms. The van der Waals surface area contributed by atoms with Gasteiger partial charge >= 0.3 is 0 Å². The minimum atomic E-state index is -0.620. The van der Waals surface area contributed by atoms with Gasteiger partial charge < -0.3 is 9.84 Å². The molecule has 2 atom stereocenters.